The molecule has 4 aromatic rings. The molecule has 0 fully saturated rings. The molecule has 4 rings (SSSR count). The Morgan fingerprint density at radius 2 is 1.22 bits per heavy atom. The Labute approximate surface area is 365 Å². The fourth-order valence-electron chi connectivity index (χ4n) is 5.25. The van der Waals surface area contributed by atoms with Crippen LogP contribution in [-0.4, -0.2) is 104 Å². The molecule has 0 bridgehead atoms. The fourth-order valence-corrected chi connectivity index (χ4v) is 9.72. The molecule has 0 saturated carbocycles. The van der Waals surface area contributed by atoms with Gasteiger partial charge in [-0.15, -0.1) is 29.1 Å². The molecule has 0 radical (unpaired) electrons. The summed E-state index contributed by atoms with van der Waals surface area (Å²) in [6, 6.07) is 6.29. The summed E-state index contributed by atoms with van der Waals surface area (Å²) < 4.78 is 152. The molecule has 0 aliphatic carbocycles. The Kier molecular flexibility index (Phi) is 17.4. The van der Waals surface area contributed by atoms with Crippen LogP contribution in [0.1, 0.15) is 5.56 Å². The van der Waals surface area contributed by atoms with Gasteiger partial charge >= 0.3 is 10.4 Å². The molecule has 0 amide bonds. The first-order chi connectivity index (χ1) is 29.5. The SMILES string of the molecule is COc1cc(S(=O)(=O)CCOS(=O)(=O)O)c(OC)cc1/N=N/c1c(S(=O)(=O)O)cc2cc(SOOO)c(/N=N/c3cc(OC)c(S(=O)(=O)CCOSOOO)cc3C)c(O)c2c1N. The van der Waals surface area contributed by atoms with E-state index in [4.69, 9.17) is 39.2 Å². The topological polar surface area (TPSA) is 396 Å². The maximum Gasteiger partial charge on any atom is 0.397 e. The van der Waals surface area contributed by atoms with Crippen molar-refractivity contribution >= 4 is 104 Å². The van der Waals surface area contributed by atoms with Crippen LogP contribution in [0, 0.1) is 6.92 Å². The minimum atomic E-state index is -5.21. The van der Waals surface area contributed by atoms with Crippen molar-refractivity contribution in [3.8, 4) is 23.0 Å². The summed E-state index contributed by atoms with van der Waals surface area (Å²) >= 11 is 0.423. The molecule has 0 spiro atoms. The van der Waals surface area contributed by atoms with Crippen LogP contribution in [0.4, 0.5) is 28.4 Å². The number of sulfone groups is 2. The third-order valence-electron chi connectivity index (χ3n) is 8.01. The molecule has 0 heterocycles. The normalized spacial score (nSPS) is 12.8. The number of nitrogens with zero attached hydrogens (tertiary/aromatic N) is 4. The quantitative estimate of drug-likeness (QED) is 0.0104. The van der Waals surface area contributed by atoms with Gasteiger partial charge in [-0.25, -0.2) is 31.5 Å². The summed E-state index contributed by atoms with van der Waals surface area (Å²) in [5, 5.41) is 51.1. The molecular weight excluding hydrogens is 975 g/mol. The van der Waals surface area contributed by atoms with Gasteiger partial charge in [0.25, 0.3) is 10.1 Å². The highest BCUT2D eigenvalue weighted by Crippen LogP contribution is 2.50. The molecule has 0 unspecified atom stereocenters. The maximum absolute atomic E-state index is 13.1. The highest BCUT2D eigenvalue weighted by Gasteiger charge is 2.28. The lowest BCUT2D eigenvalue weighted by Gasteiger charge is -2.15. The van der Waals surface area contributed by atoms with E-state index < -0.39 is 97.5 Å². The first-order valence-corrected chi connectivity index (χ1v) is 23.9. The van der Waals surface area contributed by atoms with Crippen molar-refractivity contribution in [2.24, 2.45) is 20.5 Å². The fraction of sp³-hybridized carbons (Fsp3) is 0.267. The average molecular weight is 1010 g/mol. The smallest absolute Gasteiger partial charge is 0.397 e. The molecule has 0 aliphatic rings. The van der Waals surface area contributed by atoms with Crippen LogP contribution < -0.4 is 19.9 Å². The zero-order chi connectivity index (χ0) is 46.9. The van der Waals surface area contributed by atoms with Crippen molar-refractivity contribution in [1.82, 2.24) is 0 Å². The number of nitrogens with two attached hydrogens (primary N) is 1. The van der Waals surface area contributed by atoms with Gasteiger partial charge in [0, 0.05) is 18.2 Å². The van der Waals surface area contributed by atoms with Crippen LogP contribution in [-0.2, 0) is 67.3 Å². The molecular formula is C30H33N5O22S6. The number of azo groups is 2. The van der Waals surface area contributed by atoms with Gasteiger partial charge in [-0.3, -0.25) is 13.3 Å². The number of aromatic hydroxyl groups is 1. The second-order valence-corrected chi connectivity index (χ2v) is 19.7. The predicted molar refractivity (Wildman–Crippen MR) is 216 cm³/mol. The maximum atomic E-state index is 13.1. The summed E-state index contributed by atoms with van der Waals surface area (Å²) in [4.78, 5) is -1.98. The third-order valence-corrected chi connectivity index (χ3v) is 13.7. The number of aryl methyl sites for hydroxylation is 1. The van der Waals surface area contributed by atoms with Gasteiger partial charge in [-0.1, -0.05) is 10.1 Å². The van der Waals surface area contributed by atoms with Gasteiger partial charge in [0.1, 0.15) is 49.0 Å². The highest BCUT2D eigenvalue weighted by molar-refractivity contribution is 7.94. The average Bonchev–Trinajstić information content (AvgIpc) is 3.20. The Morgan fingerprint density at radius 3 is 1.79 bits per heavy atom. The monoisotopic (exact) mass is 1010 g/mol. The van der Waals surface area contributed by atoms with Crippen molar-refractivity contribution in [2.45, 2.75) is 26.5 Å². The zero-order valence-electron chi connectivity index (χ0n) is 32.3. The number of nitrogen functional groups attached to an aromatic ring is 1. The standard InChI is InChI=1S/C30H33N5O22S6/c1-15-9-23(60(39,40)7-5-52-59-57-55-38)20(50-3)12-17(15)32-34-28-22(58-56-54-37)10-16-11-25(62(43,44)45)29(27(31)26(16)30(28)36)35-33-18-13-21(51-4)24(14-19(18)49-2)61(41,42)8-6-53-63(46,47)48/h9-14,36-38H,5-8,31H2,1-4H3,(H,43,44,45)(H,46,47,48)/b34-32+,35-33+. The number of ether oxygens (including phenoxy) is 3. The minimum Gasteiger partial charge on any atom is -0.505 e. The van der Waals surface area contributed by atoms with Crippen molar-refractivity contribution in [2.75, 3.05) is 51.8 Å². The van der Waals surface area contributed by atoms with Gasteiger partial charge in [0.15, 0.2) is 37.7 Å². The lowest BCUT2D eigenvalue weighted by atomic mass is 10.1. The number of methoxy groups -OCH3 is 3. The van der Waals surface area contributed by atoms with Crippen LogP contribution in [0.3, 0.4) is 0 Å². The van der Waals surface area contributed by atoms with Gasteiger partial charge in [-0.05, 0) is 36.1 Å². The van der Waals surface area contributed by atoms with Crippen LogP contribution in [0.15, 0.2) is 76.4 Å². The van der Waals surface area contributed by atoms with E-state index in [-0.39, 0.29) is 79.1 Å². The second-order valence-electron chi connectivity index (χ2n) is 11.8. The number of hydrogen-bond donors (Lipinski definition) is 6. The number of phenols is 1. The Morgan fingerprint density at radius 1 is 0.667 bits per heavy atom. The molecule has 63 heavy (non-hydrogen) atoms. The summed E-state index contributed by atoms with van der Waals surface area (Å²) in [6.07, 6.45) is 0. The van der Waals surface area contributed by atoms with Gasteiger partial charge in [0.05, 0.1) is 79.7 Å². The van der Waals surface area contributed by atoms with E-state index in [0.717, 1.165) is 38.5 Å². The summed E-state index contributed by atoms with van der Waals surface area (Å²) in [7, 11) is -15.3. The molecule has 0 atom stereocenters. The van der Waals surface area contributed by atoms with Crippen molar-refractivity contribution in [3.05, 3.63) is 42.0 Å². The predicted octanol–water partition coefficient (Wildman–Crippen LogP) is 5.34. The van der Waals surface area contributed by atoms with Gasteiger partial charge in [-0.2, -0.15) is 16.8 Å². The Hall–Kier alpha value is -4.56. The van der Waals surface area contributed by atoms with Crippen LogP contribution >= 0.6 is 24.4 Å². The number of rotatable bonds is 23. The number of hydrogen-bond acceptors (Lipinski definition) is 27. The number of phenolic OH excluding ortho intramolecular Hbond substituents is 1. The molecule has 7 N–H and O–H groups in total. The van der Waals surface area contributed by atoms with E-state index in [0.29, 0.717) is 0 Å². The third kappa shape index (κ3) is 12.8. The Bertz CT molecular complexity index is 2860. The van der Waals surface area contributed by atoms with Crippen LogP contribution in [0.25, 0.3) is 10.8 Å². The van der Waals surface area contributed by atoms with Crippen molar-refractivity contribution in [3.63, 3.8) is 0 Å². The van der Waals surface area contributed by atoms with Crippen LogP contribution in [0.2, 0.25) is 0 Å². The molecule has 27 nitrogen and oxygen atoms in total. The first kappa shape index (κ1) is 51.1. The molecule has 0 aromatic heterocycles. The van der Waals surface area contributed by atoms with E-state index in [1.807, 2.05) is 0 Å². The lowest BCUT2D eigenvalue weighted by molar-refractivity contribution is -0.434. The Balaban J connectivity index is 1.87. The first-order valence-electron chi connectivity index (χ1n) is 16.4. The number of anilines is 1. The molecule has 4 aromatic carbocycles. The second kappa shape index (κ2) is 21.4. The number of fused-ring (bicyclic) bond motifs is 1. The minimum absolute atomic E-state index is 0.000289. The van der Waals surface area contributed by atoms with Crippen molar-refractivity contribution in [1.29, 1.82) is 0 Å². The van der Waals surface area contributed by atoms with E-state index in [9.17, 15) is 43.3 Å². The highest BCUT2D eigenvalue weighted by atomic mass is 32.3. The lowest BCUT2D eigenvalue weighted by Crippen LogP contribution is -2.16. The van der Waals surface area contributed by atoms with E-state index in [1.54, 1.807) is 0 Å². The molecule has 33 heteroatoms. The van der Waals surface area contributed by atoms with E-state index in [2.05, 4.69) is 43.4 Å². The summed E-state index contributed by atoms with van der Waals surface area (Å²) in [6.45, 7) is 0.0959. The van der Waals surface area contributed by atoms with Gasteiger partial charge in [0.2, 0.25) is 0 Å². The molecule has 0 saturated heterocycles. The van der Waals surface area contributed by atoms with Gasteiger partial charge < -0.3 is 25.1 Å². The largest absolute Gasteiger partial charge is 0.505 e. The summed E-state index contributed by atoms with van der Waals surface area (Å²) in [5.41, 5.74) is 4.44. The van der Waals surface area contributed by atoms with Crippen LogP contribution in [0.5, 0.6) is 23.0 Å². The summed E-state index contributed by atoms with van der Waals surface area (Å²) in [5.74, 6) is -3.22. The van der Waals surface area contributed by atoms with E-state index in [1.165, 1.54) is 26.2 Å². The van der Waals surface area contributed by atoms with E-state index >= 15 is 0 Å². The number of benzene rings is 4. The zero-order valence-corrected chi connectivity index (χ0v) is 37.2. The molecule has 0 aliphatic heterocycles. The molecule has 346 valence electrons. The van der Waals surface area contributed by atoms with Crippen molar-refractivity contribution < 1.29 is 99.7 Å².